The fourth-order valence-electron chi connectivity index (χ4n) is 3.22. The van der Waals surface area contributed by atoms with Crippen molar-refractivity contribution in [3.05, 3.63) is 40.2 Å². The molecule has 0 spiro atoms. The van der Waals surface area contributed by atoms with Gasteiger partial charge in [0.25, 0.3) is 0 Å². The van der Waals surface area contributed by atoms with Crippen molar-refractivity contribution in [3.8, 4) is 5.75 Å². The van der Waals surface area contributed by atoms with Gasteiger partial charge in [-0.25, -0.2) is 13.2 Å². The van der Waals surface area contributed by atoms with Crippen LogP contribution in [0.25, 0.3) is 11.0 Å². The molecule has 1 aliphatic heterocycles. The van der Waals surface area contributed by atoms with Crippen molar-refractivity contribution in [2.75, 3.05) is 6.61 Å². The van der Waals surface area contributed by atoms with Crippen LogP contribution in [0.1, 0.15) is 12.5 Å². The number of carbonyl (C=O) groups is 1. The Morgan fingerprint density at radius 1 is 1.25 bits per heavy atom. The zero-order valence-corrected chi connectivity index (χ0v) is 21.3. The number of hydrogen-bond acceptors (Lipinski definition) is 11. The van der Waals surface area contributed by atoms with Crippen LogP contribution in [-0.2, 0) is 24.1 Å². The predicted molar refractivity (Wildman–Crippen MR) is 102 cm³/mol. The van der Waals surface area contributed by atoms with Crippen LogP contribution in [0.4, 0.5) is 0 Å². The maximum atomic E-state index is 11.6. The molecule has 3 rings (SSSR count). The summed E-state index contributed by atoms with van der Waals surface area (Å²) in [5.41, 5.74) is 0.325. The van der Waals surface area contributed by atoms with E-state index in [1.165, 1.54) is 25.1 Å². The molecule has 2 aromatic rings. The topological polar surface area (TPSA) is 185 Å². The van der Waals surface area contributed by atoms with E-state index in [9.17, 15) is 32.8 Å². The summed E-state index contributed by atoms with van der Waals surface area (Å²) in [6.07, 6.45) is -6.23. The van der Waals surface area contributed by atoms with Crippen LogP contribution < -0.4 is 67.1 Å². The Labute approximate surface area is 225 Å². The zero-order valence-electron chi connectivity index (χ0n) is 17.4. The number of ether oxygens (including phenoxy) is 2. The summed E-state index contributed by atoms with van der Waals surface area (Å²) >= 11 is 0. The minimum absolute atomic E-state index is 0. The van der Waals surface area contributed by atoms with Crippen LogP contribution in [0.3, 0.4) is 0 Å². The summed E-state index contributed by atoms with van der Waals surface area (Å²) in [5, 5.41) is 23.6. The Kier molecular flexibility index (Phi) is 9.40. The predicted octanol–water partition coefficient (Wildman–Crippen LogP) is -4.09. The quantitative estimate of drug-likeness (QED) is 0.153. The number of aliphatic hydroxyl groups excluding tert-OH is 2. The second kappa shape index (κ2) is 11.0. The van der Waals surface area contributed by atoms with E-state index < -0.39 is 59.2 Å². The van der Waals surface area contributed by atoms with E-state index in [2.05, 4.69) is 9.50 Å². The molecule has 3 N–H and O–H groups in total. The molecule has 170 valence electrons. The van der Waals surface area contributed by atoms with Crippen LogP contribution in [0.5, 0.6) is 5.75 Å². The van der Waals surface area contributed by atoms with Crippen molar-refractivity contribution < 1.29 is 97.4 Å². The SMILES string of the molecule is CC(=O)NC1C(O)[C@@H](O)C(COS(=O)(=O)[O-])O[C@H]1Oc1ccc2c(C)cc(=O)oc2c1.[K+]. The second-order valence-corrected chi connectivity index (χ2v) is 8.02. The molecule has 3 unspecified atom stereocenters. The molecule has 1 amide bonds. The molecule has 1 aliphatic rings. The van der Waals surface area contributed by atoms with E-state index in [-0.39, 0.29) is 62.7 Å². The van der Waals surface area contributed by atoms with Gasteiger partial charge in [-0.3, -0.25) is 8.98 Å². The van der Waals surface area contributed by atoms with Gasteiger partial charge in [0.05, 0.1) is 6.61 Å². The molecule has 14 heteroatoms. The van der Waals surface area contributed by atoms with Gasteiger partial charge in [0, 0.05) is 24.4 Å². The second-order valence-electron chi connectivity index (χ2n) is 6.97. The van der Waals surface area contributed by atoms with E-state index in [1.807, 2.05) is 0 Å². The van der Waals surface area contributed by atoms with E-state index in [4.69, 9.17) is 13.9 Å². The van der Waals surface area contributed by atoms with Crippen molar-refractivity contribution in [1.82, 2.24) is 5.32 Å². The fraction of sp³-hybridized carbons (Fsp3) is 0.444. The number of hydrogen-bond donors (Lipinski definition) is 3. The molecule has 0 radical (unpaired) electrons. The number of aryl methyl sites for hydroxylation is 1. The van der Waals surface area contributed by atoms with Gasteiger partial charge in [-0.1, -0.05) is 0 Å². The number of amides is 1. The molecule has 1 fully saturated rings. The maximum absolute atomic E-state index is 11.6. The van der Waals surface area contributed by atoms with Crippen molar-refractivity contribution in [3.63, 3.8) is 0 Å². The number of nitrogens with one attached hydrogen (secondary N) is 1. The molecule has 1 aromatic heterocycles. The Hall–Kier alpha value is -0.914. The summed E-state index contributed by atoms with van der Waals surface area (Å²) < 4.78 is 52.6. The molecule has 12 nitrogen and oxygen atoms in total. The molecule has 1 aromatic carbocycles. The maximum Gasteiger partial charge on any atom is 1.00 e. The first-order chi connectivity index (χ1) is 14.4. The van der Waals surface area contributed by atoms with Crippen molar-refractivity contribution >= 4 is 27.3 Å². The molecule has 2 heterocycles. The van der Waals surface area contributed by atoms with Crippen LogP contribution in [-0.4, -0.2) is 66.3 Å². The van der Waals surface area contributed by atoms with Gasteiger partial charge in [-0.2, -0.15) is 0 Å². The minimum Gasteiger partial charge on any atom is -0.726 e. The van der Waals surface area contributed by atoms with Gasteiger partial charge in [0.15, 0.2) is 0 Å². The summed E-state index contributed by atoms with van der Waals surface area (Å²) in [7, 11) is -5.08. The Morgan fingerprint density at radius 3 is 2.56 bits per heavy atom. The first-order valence-electron chi connectivity index (χ1n) is 9.05. The van der Waals surface area contributed by atoms with Crippen molar-refractivity contribution in [2.24, 2.45) is 0 Å². The Morgan fingerprint density at radius 2 is 1.94 bits per heavy atom. The smallest absolute Gasteiger partial charge is 0.726 e. The first kappa shape index (κ1) is 27.3. The summed E-state index contributed by atoms with van der Waals surface area (Å²) in [6, 6.07) is 4.60. The van der Waals surface area contributed by atoms with Gasteiger partial charge >= 0.3 is 57.0 Å². The molecule has 0 saturated carbocycles. The Balaban J connectivity index is 0.00000363. The summed E-state index contributed by atoms with van der Waals surface area (Å²) in [6.45, 7) is 2.01. The van der Waals surface area contributed by atoms with Crippen molar-refractivity contribution in [1.29, 1.82) is 0 Å². The Bertz CT molecular complexity index is 1140. The molecular weight excluding hydrogens is 477 g/mol. The minimum atomic E-state index is -5.08. The average molecular weight is 498 g/mol. The van der Waals surface area contributed by atoms with Gasteiger partial charge in [-0.15, -0.1) is 0 Å². The van der Waals surface area contributed by atoms with Crippen LogP contribution in [0, 0.1) is 6.92 Å². The number of fused-ring (bicyclic) bond motifs is 1. The largest absolute Gasteiger partial charge is 1.00 e. The van der Waals surface area contributed by atoms with Gasteiger partial charge in [0.2, 0.25) is 22.6 Å². The molecular formula is C18H20KNO11S. The third-order valence-electron chi connectivity index (χ3n) is 4.62. The fourth-order valence-corrected chi connectivity index (χ4v) is 3.52. The van der Waals surface area contributed by atoms with Crippen LogP contribution >= 0.6 is 0 Å². The number of benzene rings is 1. The first-order valence-corrected chi connectivity index (χ1v) is 10.4. The van der Waals surface area contributed by atoms with E-state index in [1.54, 1.807) is 13.0 Å². The van der Waals surface area contributed by atoms with Crippen LogP contribution in [0.15, 0.2) is 33.5 Å². The van der Waals surface area contributed by atoms with E-state index in [0.29, 0.717) is 10.9 Å². The monoisotopic (exact) mass is 497 g/mol. The number of aliphatic hydroxyl groups is 2. The normalized spacial score (nSPS) is 25.7. The molecule has 5 atom stereocenters. The van der Waals surface area contributed by atoms with Gasteiger partial charge < -0.3 is 34.0 Å². The molecule has 1 saturated heterocycles. The number of carbonyl (C=O) groups excluding carboxylic acids is 1. The molecule has 0 aliphatic carbocycles. The van der Waals surface area contributed by atoms with E-state index in [0.717, 1.165) is 0 Å². The number of rotatable bonds is 6. The third-order valence-corrected chi connectivity index (χ3v) is 5.05. The molecule has 0 bridgehead atoms. The van der Waals surface area contributed by atoms with Crippen molar-refractivity contribution in [2.45, 2.75) is 44.5 Å². The standard InChI is InChI=1S/C18H21NO11S.K/c1-8-5-14(21)29-12-6-10(3-4-11(8)12)28-18-15(19-9(2)20)17(23)16(22)13(30-18)7-27-31(24,25)26;/h3-6,13,15-18,22-23H,7H2,1-2H3,(H,19,20)(H,24,25,26);/q;+1/p-1/t13?,15?,16-,17?,18+;/m0./s1. The molecule has 32 heavy (non-hydrogen) atoms. The van der Waals surface area contributed by atoms with E-state index >= 15 is 0 Å². The zero-order chi connectivity index (χ0) is 22.9. The average Bonchev–Trinajstić information content (AvgIpc) is 2.65. The summed E-state index contributed by atoms with van der Waals surface area (Å²) in [5.74, 6) is -0.438. The summed E-state index contributed by atoms with van der Waals surface area (Å²) in [4.78, 5) is 23.2. The third kappa shape index (κ3) is 6.80. The van der Waals surface area contributed by atoms with Gasteiger partial charge in [0.1, 0.15) is 35.7 Å². The van der Waals surface area contributed by atoms with Gasteiger partial charge in [-0.05, 0) is 24.6 Å². The van der Waals surface area contributed by atoms with Crippen LogP contribution in [0.2, 0.25) is 0 Å².